The molecule has 0 heterocycles. The van der Waals surface area contributed by atoms with Crippen LogP contribution in [0.1, 0.15) is 18.4 Å². The lowest BCUT2D eigenvalue weighted by molar-refractivity contribution is -0.135. The van der Waals surface area contributed by atoms with E-state index in [9.17, 15) is 9.59 Å². The number of benzene rings is 2. The SMILES string of the molecule is CSc1ccccc1NC(=O)CN(C)C(=O)C1(c2ccccc2)CC1. The van der Waals surface area contributed by atoms with Crippen LogP contribution in [0.5, 0.6) is 0 Å². The summed E-state index contributed by atoms with van der Waals surface area (Å²) in [4.78, 5) is 27.8. The Bertz CT molecular complexity index is 772. The minimum atomic E-state index is -0.437. The number of likely N-dealkylation sites (N-methyl/N-ethyl adjacent to an activating group) is 1. The van der Waals surface area contributed by atoms with Gasteiger partial charge in [0.1, 0.15) is 0 Å². The predicted octanol–water partition coefficient (Wildman–Crippen LogP) is 3.54. The summed E-state index contributed by atoms with van der Waals surface area (Å²) in [5.74, 6) is -0.159. The van der Waals surface area contributed by atoms with Crippen molar-refractivity contribution in [3.05, 3.63) is 60.2 Å². The number of nitrogens with zero attached hydrogens (tertiary/aromatic N) is 1. The second-order valence-electron chi connectivity index (χ2n) is 6.36. The van der Waals surface area contributed by atoms with Gasteiger partial charge >= 0.3 is 0 Å². The molecular weight excluding hydrogens is 332 g/mol. The Labute approximate surface area is 152 Å². The summed E-state index contributed by atoms with van der Waals surface area (Å²) < 4.78 is 0. The molecule has 4 nitrogen and oxygen atoms in total. The number of anilines is 1. The Morgan fingerprint density at radius 1 is 1.08 bits per heavy atom. The lowest BCUT2D eigenvalue weighted by Gasteiger charge is -2.23. The summed E-state index contributed by atoms with van der Waals surface area (Å²) in [6.45, 7) is 0.0517. The van der Waals surface area contributed by atoms with E-state index in [0.29, 0.717) is 0 Å². The van der Waals surface area contributed by atoms with Crippen LogP contribution in [0.3, 0.4) is 0 Å². The number of para-hydroxylation sites is 1. The van der Waals surface area contributed by atoms with Gasteiger partial charge in [-0.15, -0.1) is 11.8 Å². The van der Waals surface area contributed by atoms with Crippen LogP contribution in [-0.2, 0) is 15.0 Å². The molecule has 3 rings (SSSR count). The molecule has 0 atom stereocenters. The molecule has 0 radical (unpaired) electrons. The first-order chi connectivity index (χ1) is 12.1. The molecule has 2 aromatic rings. The first-order valence-corrected chi connectivity index (χ1v) is 9.53. The van der Waals surface area contributed by atoms with Gasteiger partial charge in [0, 0.05) is 11.9 Å². The van der Waals surface area contributed by atoms with Crippen molar-refractivity contribution in [1.82, 2.24) is 4.90 Å². The monoisotopic (exact) mass is 354 g/mol. The van der Waals surface area contributed by atoms with Crippen LogP contribution in [0.15, 0.2) is 59.5 Å². The van der Waals surface area contributed by atoms with Gasteiger partial charge in [-0.1, -0.05) is 42.5 Å². The molecule has 1 saturated carbocycles. The molecule has 1 fully saturated rings. The van der Waals surface area contributed by atoms with E-state index in [0.717, 1.165) is 29.0 Å². The highest BCUT2D eigenvalue weighted by Gasteiger charge is 2.52. The average molecular weight is 354 g/mol. The quantitative estimate of drug-likeness (QED) is 0.807. The molecule has 0 aromatic heterocycles. The number of amides is 2. The van der Waals surface area contributed by atoms with Gasteiger partial charge in [-0.2, -0.15) is 0 Å². The van der Waals surface area contributed by atoms with Crippen LogP contribution in [0.25, 0.3) is 0 Å². The molecule has 130 valence electrons. The van der Waals surface area contributed by atoms with Gasteiger partial charge in [-0.05, 0) is 36.8 Å². The molecule has 5 heteroatoms. The lowest BCUT2D eigenvalue weighted by Crippen LogP contribution is -2.41. The highest BCUT2D eigenvalue weighted by atomic mass is 32.2. The second-order valence-corrected chi connectivity index (χ2v) is 7.21. The first-order valence-electron chi connectivity index (χ1n) is 8.31. The lowest BCUT2D eigenvalue weighted by atomic mass is 9.94. The minimum absolute atomic E-state index is 0.0204. The molecular formula is C20H22N2O2S. The fourth-order valence-electron chi connectivity index (χ4n) is 3.10. The van der Waals surface area contributed by atoms with Crippen molar-refractivity contribution in [2.45, 2.75) is 23.2 Å². The van der Waals surface area contributed by atoms with Crippen molar-refractivity contribution in [3.63, 3.8) is 0 Å². The maximum atomic E-state index is 12.9. The van der Waals surface area contributed by atoms with E-state index < -0.39 is 5.41 Å². The molecule has 0 unspecified atom stereocenters. The summed E-state index contributed by atoms with van der Waals surface area (Å²) in [5, 5.41) is 2.91. The highest BCUT2D eigenvalue weighted by molar-refractivity contribution is 7.98. The van der Waals surface area contributed by atoms with Crippen LogP contribution in [0.2, 0.25) is 0 Å². The topological polar surface area (TPSA) is 49.4 Å². The Balaban J connectivity index is 1.65. The largest absolute Gasteiger partial charge is 0.336 e. The average Bonchev–Trinajstić information content (AvgIpc) is 3.44. The third-order valence-electron chi connectivity index (χ3n) is 4.59. The number of hydrogen-bond acceptors (Lipinski definition) is 3. The molecule has 0 spiro atoms. The van der Waals surface area contributed by atoms with E-state index in [1.165, 1.54) is 4.90 Å². The normalized spacial score (nSPS) is 14.6. The van der Waals surface area contributed by atoms with Crippen molar-refractivity contribution in [1.29, 1.82) is 0 Å². The summed E-state index contributed by atoms with van der Waals surface area (Å²) >= 11 is 1.58. The Morgan fingerprint density at radius 3 is 2.36 bits per heavy atom. The van der Waals surface area contributed by atoms with Crippen LogP contribution >= 0.6 is 11.8 Å². The van der Waals surface area contributed by atoms with E-state index in [-0.39, 0.29) is 18.4 Å². The molecule has 25 heavy (non-hydrogen) atoms. The van der Waals surface area contributed by atoms with Gasteiger partial charge in [-0.3, -0.25) is 9.59 Å². The molecule has 0 bridgehead atoms. The van der Waals surface area contributed by atoms with Crippen LogP contribution in [0, 0.1) is 0 Å². The molecule has 1 aliphatic rings. The molecule has 0 saturated heterocycles. The smallest absolute Gasteiger partial charge is 0.244 e. The first kappa shape index (κ1) is 17.5. The predicted molar refractivity (Wildman–Crippen MR) is 102 cm³/mol. The van der Waals surface area contributed by atoms with Crippen LogP contribution in [0.4, 0.5) is 5.69 Å². The molecule has 1 N–H and O–H groups in total. The minimum Gasteiger partial charge on any atom is -0.336 e. The van der Waals surface area contributed by atoms with E-state index >= 15 is 0 Å². The fourth-order valence-corrected chi connectivity index (χ4v) is 3.65. The third kappa shape index (κ3) is 3.71. The number of hydrogen-bond donors (Lipinski definition) is 1. The zero-order chi connectivity index (χ0) is 17.9. The van der Waals surface area contributed by atoms with Crippen LogP contribution in [-0.4, -0.2) is 36.6 Å². The Kier molecular flexibility index (Phi) is 5.13. The summed E-state index contributed by atoms with van der Waals surface area (Å²) in [5.41, 5.74) is 1.39. The van der Waals surface area contributed by atoms with E-state index in [1.807, 2.05) is 60.9 Å². The number of carbonyl (C=O) groups excluding carboxylic acids is 2. The van der Waals surface area contributed by atoms with Gasteiger partial charge in [0.25, 0.3) is 0 Å². The third-order valence-corrected chi connectivity index (χ3v) is 5.39. The molecule has 2 aromatic carbocycles. The maximum Gasteiger partial charge on any atom is 0.244 e. The van der Waals surface area contributed by atoms with E-state index in [4.69, 9.17) is 0 Å². The van der Waals surface area contributed by atoms with Gasteiger partial charge in [0.15, 0.2) is 0 Å². The van der Waals surface area contributed by atoms with Gasteiger partial charge in [0.2, 0.25) is 11.8 Å². The van der Waals surface area contributed by atoms with Crippen LogP contribution < -0.4 is 5.32 Å². The molecule has 2 amide bonds. The van der Waals surface area contributed by atoms with Crippen molar-refractivity contribution in [2.75, 3.05) is 25.2 Å². The van der Waals surface area contributed by atoms with Crippen molar-refractivity contribution in [3.8, 4) is 0 Å². The van der Waals surface area contributed by atoms with Crippen molar-refractivity contribution < 1.29 is 9.59 Å². The van der Waals surface area contributed by atoms with Crippen molar-refractivity contribution >= 4 is 29.3 Å². The maximum absolute atomic E-state index is 12.9. The Morgan fingerprint density at radius 2 is 1.72 bits per heavy atom. The van der Waals surface area contributed by atoms with E-state index in [1.54, 1.807) is 18.8 Å². The number of nitrogens with one attached hydrogen (secondary N) is 1. The zero-order valence-corrected chi connectivity index (χ0v) is 15.3. The van der Waals surface area contributed by atoms with Gasteiger partial charge < -0.3 is 10.2 Å². The molecule has 1 aliphatic carbocycles. The number of thioether (sulfide) groups is 1. The summed E-state index contributed by atoms with van der Waals surface area (Å²) in [6.07, 6.45) is 3.66. The second kappa shape index (κ2) is 7.31. The summed E-state index contributed by atoms with van der Waals surface area (Å²) in [6, 6.07) is 17.5. The van der Waals surface area contributed by atoms with E-state index in [2.05, 4.69) is 5.32 Å². The summed E-state index contributed by atoms with van der Waals surface area (Å²) in [7, 11) is 1.70. The Hall–Kier alpha value is -2.27. The number of rotatable bonds is 6. The van der Waals surface area contributed by atoms with Gasteiger partial charge in [0.05, 0.1) is 17.6 Å². The highest BCUT2D eigenvalue weighted by Crippen LogP contribution is 2.49. The standard InChI is InChI=1S/C20H22N2O2S/c1-22(14-18(23)21-16-10-6-7-11-17(16)25-2)19(24)20(12-13-20)15-8-4-3-5-9-15/h3-11H,12-14H2,1-2H3,(H,21,23). The fraction of sp³-hybridized carbons (Fsp3) is 0.300. The molecule has 0 aliphatic heterocycles. The number of carbonyl (C=O) groups is 2. The van der Waals surface area contributed by atoms with Gasteiger partial charge in [-0.25, -0.2) is 0 Å². The zero-order valence-electron chi connectivity index (χ0n) is 14.5. The van der Waals surface area contributed by atoms with Crippen molar-refractivity contribution in [2.24, 2.45) is 0 Å².